The highest BCUT2D eigenvalue weighted by molar-refractivity contribution is 7.91. The second kappa shape index (κ2) is 5.65. The molecular weight excluding hydrogens is 266 g/mol. The predicted molar refractivity (Wildman–Crippen MR) is 74.2 cm³/mol. The van der Waals surface area contributed by atoms with Crippen LogP contribution in [-0.2, 0) is 23.0 Å². The van der Waals surface area contributed by atoms with E-state index in [1.807, 2.05) is 24.3 Å². The zero-order chi connectivity index (χ0) is 13.0. The molecule has 0 saturated heterocycles. The Kier molecular flexibility index (Phi) is 4.16. The number of hydrogen-bond acceptors (Lipinski definition) is 3. The number of sulfonamides is 1. The second-order valence-corrected chi connectivity index (χ2v) is 6.87. The highest BCUT2D eigenvalue weighted by atomic mass is 32.2. The van der Waals surface area contributed by atoms with Crippen molar-refractivity contribution in [3.8, 4) is 0 Å². The number of rotatable bonds is 5. The fraction of sp³-hybridized carbons (Fsp3) is 0.231. The van der Waals surface area contributed by atoms with E-state index in [1.165, 1.54) is 16.9 Å². The van der Waals surface area contributed by atoms with Crippen molar-refractivity contribution in [2.45, 2.75) is 24.1 Å². The fourth-order valence-corrected chi connectivity index (χ4v) is 3.61. The van der Waals surface area contributed by atoms with Crippen LogP contribution >= 0.6 is 11.3 Å². The lowest BCUT2D eigenvalue weighted by atomic mass is 10.1. The zero-order valence-electron chi connectivity index (χ0n) is 10.1. The van der Waals surface area contributed by atoms with Gasteiger partial charge in [0.2, 0.25) is 10.0 Å². The maximum Gasteiger partial charge on any atom is 0.250 e. The average molecular weight is 281 g/mol. The van der Waals surface area contributed by atoms with Crippen LogP contribution in [0.25, 0.3) is 0 Å². The number of benzene rings is 1. The molecule has 1 aromatic carbocycles. The van der Waals surface area contributed by atoms with E-state index in [0.717, 1.165) is 12.0 Å². The van der Waals surface area contributed by atoms with Gasteiger partial charge >= 0.3 is 0 Å². The van der Waals surface area contributed by atoms with Crippen LogP contribution in [0.2, 0.25) is 0 Å². The number of hydrogen-bond donors (Lipinski definition) is 1. The maximum absolute atomic E-state index is 11.9. The van der Waals surface area contributed by atoms with E-state index >= 15 is 0 Å². The molecule has 1 aromatic heterocycles. The minimum atomic E-state index is -3.36. The van der Waals surface area contributed by atoms with Crippen LogP contribution in [0.15, 0.2) is 46.0 Å². The van der Waals surface area contributed by atoms with E-state index in [0.29, 0.717) is 10.8 Å². The van der Waals surface area contributed by atoms with Gasteiger partial charge in [0.1, 0.15) is 4.21 Å². The molecule has 1 N–H and O–H groups in total. The van der Waals surface area contributed by atoms with Crippen molar-refractivity contribution in [2.75, 3.05) is 0 Å². The number of aryl methyl sites for hydroxylation is 1. The second-order valence-electron chi connectivity index (χ2n) is 3.93. The van der Waals surface area contributed by atoms with E-state index in [9.17, 15) is 8.42 Å². The summed E-state index contributed by atoms with van der Waals surface area (Å²) in [4.78, 5) is 0. The molecule has 0 saturated carbocycles. The summed E-state index contributed by atoms with van der Waals surface area (Å²) >= 11 is 1.22. The van der Waals surface area contributed by atoms with Gasteiger partial charge in [0.25, 0.3) is 0 Å². The van der Waals surface area contributed by atoms with Gasteiger partial charge in [0.05, 0.1) is 0 Å². The Balaban J connectivity index is 2.03. The monoisotopic (exact) mass is 281 g/mol. The molecule has 0 aliphatic heterocycles. The van der Waals surface area contributed by atoms with Gasteiger partial charge in [-0.2, -0.15) is 0 Å². The van der Waals surface area contributed by atoms with E-state index in [4.69, 9.17) is 0 Å². The summed E-state index contributed by atoms with van der Waals surface area (Å²) in [6.07, 6.45) is 0.987. The van der Waals surface area contributed by atoms with Crippen molar-refractivity contribution in [3.63, 3.8) is 0 Å². The molecular formula is C13H15NO2S2. The van der Waals surface area contributed by atoms with Crippen LogP contribution in [0.1, 0.15) is 18.1 Å². The van der Waals surface area contributed by atoms with Gasteiger partial charge in [0, 0.05) is 6.54 Å². The molecule has 0 unspecified atom stereocenters. The normalized spacial score (nSPS) is 11.6. The van der Waals surface area contributed by atoms with Crippen molar-refractivity contribution in [3.05, 3.63) is 52.9 Å². The van der Waals surface area contributed by atoms with Gasteiger partial charge < -0.3 is 0 Å². The van der Waals surface area contributed by atoms with Crippen molar-refractivity contribution in [1.29, 1.82) is 0 Å². The molecule has 0 fully saturated rings. The molecule has 0 aliphatic rings. The molecule has 2 aromatic rings. The van der Waals surface area contributed by atoms with Crippen LogP contribution < -0.4 is 4.72 Å². The van der Waals surface area contributed by atoms with Crippen LogP contribution in [0.5, 0.6) is 0 Å². The maximum atomic E-state index is 11.9. The van der Waals surface area contributed by atoms with E-state index in [1.54, 1.807) is 17.5 Å². The largest absolute Gasteiger partial charge is 0.250 e. The van der Waals surface area contributed by atoms with Gasteiger partial charge in [-0.1, -0.05) is 37.3 Å². The molecule has 0 atom stereocenters. The Hall–Kier alpha value is -1.17. The first-order valence-electron chi connectivity index (χ1n) is 5.73. The topological polar surface area (TPSA) is 46.2 Å². The van der Waals surface area contributed by atoms with Crippen LogP contribution in [-0.4, -0.2) is 8.42 Å². The van der Waals surface area contributed by atoms with Gasteiger partial charge in [-0.05, 0) is 29.0 Å². The third-order valence-corrected chi connectivity index (χ3v) is 5.46. The van der Waals surface area contributed by atoms with E-state index in [2.05, 4.69) is 11.6 Å². The summed E-state index contributed by atoms with van der Waals surface area (Å²) in [5.41, 5.74) is 2.21. The fourth-order valence-electron chi connectivity index (χ4n) is 1.56. The Morgan fingerprint density at radius 2 is 1.78 bits per heavy atom. The molecule has 0 radical (unpaired) electrons. The number of thiophene rings is 1. The molecule has 0 spiro atoms. The van der Waals surface area contributed by atoms with Crippen LogP contribution in [0.3, 0.4) is 0 Å². The van der Waals surface area contributed by atoms with E-state index < -0.39 is 10.0 Å². The molecule has 0 aliphatic carbocycles. The van der Waals surface area contributed by atoms with Crippen molar-refractivity contribution < 1.29 is 8.42 Å². The van der Waals surface area contributed by atoms with Gasteiger partial charge in [0.15, 0.2) is 0 Å². The van der Waals surface area contributed by atoms with Gasteiger partial charge in [-0.15, -0.1) is 11.3 Å². The molecule has 2 rings (SSSR count). The summed E-state index contributed by atoms with van der Waals surface area (Å²) < 4.78 is 26.7. The Labute approximate surface area is 112 Å². The molecule has 18 heavy (non-hydrogen) atoms. The highest BCUT2D eigenvalue weighted by Gasteiger charge is 2.14. The summed E-state index contributed by atoms with van der Waals surface area (Å²) in [5, 5.41) is 1.75. The van der Waals surface area contributed by atoms with Crippen molar-refractivity contribution in [2.24, 2.45) is 0 Å². The van der Waals surface area contributed by atoms with Gasteiger partial charge in [-0.25, -0.2) is 13.1 Å². The predicted octanol–water partition coefficient (Wildman–Crippen LogP) is 2.79. The van der Waals surface area contributed by atoms with Crippen molar-refractivity contribution in [1.82, 2.24) is 4.72 Å². The zero-order valence-corrected chi connectivity index (χ0v) is 11.7. The number of nitrogens with one attached hydrogen (secondary N) is 1. The Morgan fingerprint density at radius 1 is 1.11 bits per heavy atom. The Morgan fingerprint density at radius 3 is 2.33 bits per heavy atom. The summed E-state index contributed by atoms with van der Waals surface area (Å²) in [5.74, 6) is 0. The lowest BCUT2D eigenvalue weighted by molar-refractivity contribution is 0.583. The molecule has 0 amide bonds. The molecule has 0 bridgehead atoms. The first kappa shape index (κ1) is 13.3. The average Bonchev–Trinajstić information content (AvgIpc) is 2.92. The first-order chi connectivity index (χ1) is 8.62. The van der Waals surface area contributed by atoms with Crippen molar-refractivity contribution >= 4 is 21.4 Å². The third-order valence-electron chi connectivity index (χ3n) is 2.66. The summed E-state index contributed by atoms with van der Waals surface area (Å²) in [6.45, 7) is 2.42. The molecule has 1 heterocycles. The molecule has 3 nitrogen and oxygen atoms in total. The Bertz CT molecular complexity index is 586. The molecule has 96 valence electrons. The quantitative estimate of drug-likeness (QED) is 0.916. The van der Waals surface area contributed by atoms with Gasteiger partial charge in [-0.3, -0.25) is 0 Å². The standard InChI is InChI=1S/C13H15NO2S2/c1-2-11-5-7-12(8-6-11)10-14-18(15,16)13-4-3-9-17-13/h3-9,14H,2,10H2,1H3. The molecule has 5 heteroatoms. The first-order valence-corrected chi connectivity index (χ1v) is 8.09. The summed E-state index contributed by atoms with van der Waals surface area (Å²) in [6, 6.07) is 11.3. The smallest absolute Gasteiger partial charge is 0.206 e. The SMILES string of the molecule is CCc1ccc(CNS(=O)(=O)c2cccs2)cc1. The van der Waals surface area contributed by atoms with E-state index in [-0.39, 0.29) is 0 Å². The summed E-state index contributed by atoms with van der Waals surface area (Å²) in [7, 11) is -3.36. The van der Waals surface area contributed by atoms with Crippen LogP contribution in [0, 0.1) is 0 Å². The highest BCUT2D eigenvalue weighted by Crippen LogP contribution is 2.15. The minimum Gasteiger partial charge on any atom is -0.206 e. The van der Waals surface area contributed by atoms with Crippen LogP contribution in [0.4, 0.5) is 0 Å². The minimum absolute atomic E-state index is 0.324. The lowest BCUT2D eigenvalue weighted by Crippen LogP contribution is -2.22. The lowest BCUT2D eigenvalue weighted by Gasteiger charge is -2.05. The third kappa shape index (κ3) is 3.19.